The number of nitrogens with one attached hydrogen (secondary N) is 2. The van der Waals surface area contributed by atoms with Gasteiger partial charge in [-0.05, 0) is 37.6 Å². The fourth-order valence-electron chi connectivity index (χ4n) is 3.49. The molecule has 9 heteroatoms. The van der Waals surface area contributed by atoms with E-state index in [1.165, 1.54) is 0 Å². The molecule has 0 atom stereocenters. The van der Waals surface area contributed by atoms with Crippen LogP contribution in [0, 0.1) is 6.92 Å². The topological polar surface area (TPSA) is 104 Å². The Morgan fingerprint density at radius 3 is 2.64 bits per heavy atom. The molecule has 0 radical (unpaired) electrons. The predicted molar refractivity (Wildman–Crippen MR) is 126 cm³/mol. The number of benzene rings is 1. The standard InChI is InChI=1S/C24H31N5O4/c1-17-6-8-20-19(15-17)23(31)26-10-13-29(12-4-5-22(30)25-11-14-33-20)24(32)18-7-9-21(27-16-18)28(2)3/h6-9,15-16H,4-5,10-14H2,1-3H3,(H,25,30)(H,26,31). The highest BCUT2D eigenvalue weighted by Gasteiger charge is 2.19. The largest absolute Gasteiger partial charge is 0.491 e. The molecule has 2 aromatic rings. The van der Waals surface area contributed by atoms with E-state index < -0.39 is 0 Å². The van der Waals surface area contributed by atoms with E-state index in [0.29, 0.717) is 49.4 Å². The number of hydrogen-bond donors (Lipinski definition) is 2. The molecule has 0 saturated carbocycles. The average Bonchev–Trinajstić information content (AvgIpc) is 2.81. The first-order valence-electron chi connectivity index (χ1n) is 11.1. The lowest BCUT2D eigenvalue weighted by molar-refractivity contribution is -0.121. The minimum atomic E-state index is -0.267. The van der Waals surface area contributed by atoms with Gasteiger partial charge in [0.25, 0.3) is 11.8 Å². The molecule has 1 aliphatic rings. The summed E-state index contributed by atoms with van der Waals surface area (Å²) < 4.78 is 5.73. The Morgan fingerprint density at radius 1 is 1.09 bits per heavy atom. The van der Waals surface area contributed by atoms with Crippen LogP contribution in [0.1, 0.15) is 39.1 Å². The zero-order valence-electron chi connectivity index (χ0n) is 19.4. The second kappa shape index (κ2) is 11.3. The third-order valence-electron chi connectivity index (χ3n) is 5.30. The molecule has 9 nitrogen and oxygen atoms in total. The minimum absolute atomic E-state index is 0.101. The van der Waals surface area contributed by atoms with Gasteiger partial charge in [-0.15, -0.1) is 0 Å². The molecule has 0 fully saturated rings. The Bertz CT molecular complexity index is 991. The third kappa shape index (κ3) is 6.68. The number of aryl methyl sites for hydroxylation is 1. The molecule has 176 valence electrons. The Kier molecular flexibility index (Phi) is 8.23. The van der Waals surface area contributed by atoms with Gasteiger partial charge in [-0.25, -0.2) is 4.98 Å². The normalized spacial score (nSPS) is 15.8. The molecule has 2 heterocycles. The number of rotatable bonds is 2. The maximum Gasteiger partial charge on any atom is 0.255 e. The van der Waals surface area contributed by atoms with Crippen LogP contribution in [0.2, 0.25) is 0 Å². The van der Waals surface area contributed by atoms with Gasteiger partial charge in [-0.2, -0.15) is 0 Å². The highest BCUT2D eigenvalue weighted by molar-refractivity contribution is 5.97. The zero-order valence-corrected chi connectivity index (χ0v) is 19.4. The van der Waals surface area contributed by atoms with Gasteiger partial charge in [0.2, 0.25) is 5.91 Å². The molecular weight excluding hydrogens is 422 g/mol. The van der Waals surface area contributed by atoms with Crippen molar-refractivity contribution in [1.29, 1.82) is 0 Å². The van der Waals surface area contributed by atoms with Crippen molar-refractivity contribution < 1.29 is 19.1 Å². The molecule has 33 heavy (non-hydrogen) atoms. The molecule has 0 spiro atoms. The number of carbonyl (C=O) groups excluding carboxylic acids is 3. The van der Waals surface area contributed by atoms with Crippen LogP contribution in [0.15, 0.2) is 36.5 Å². The second-order valence-electron chi connectivity index (χ2n) is 8.15. The molecule has 3 amide bonds. The summed E-state index contributed by atoms with van der Waals surface area (Å²) in [4.78, 5) is 45.9. The molecular formula is C24H31N5O4. The fraction of sp³-hybridized carbons (Fsp3) is 0.417. The van der Waals surface area contributed by atoms with Crippen molar-refractivity contribution >= 4 is 23.5 Å². The van der Waals surface area contributed by atoms with Gasteiger partial charge in [0, 0.05) is 46.3 Å². The van der Waals surface area contributed by atoms with Crippen LogP contribution in [0.25, 0.3) is 0 Å². The highest BCUT2D eigenvalue weighted by Crippen LogP contribution is 2.20. The number of fused-ring (bicyclic) bond motifs is 1. The van der Waals surface area contributed by atoms with Gasteiger partial charge in [0.1, 0.15) is 18.2 Å². The number of carbonyl (C=O) groups is 3. The van der Waals surface area contributed by atoms with Crippen LogP contribution in [0.3, 0.4) is 0 Å². The van der Waals surface area contributed by atoms with E-state index >= 15 is 0 Å². The van der Waals surface area contributed by atoms with Crippen LogP contribution in [-0.4, -0.2) is 74.5 Å². The number of aromatic nitrogens is 1. The van der Waals surface area contributed by atoms with Crippen molar-refractivity contribution in [2.75, 3.05) is 51.8 Å². The maximum absolute atomic E-state index is 13.1. The number of nitrogens with zero attached hydrogens (tertiary/aromatic N) is 3. The van der Waals surface area contributed by atoms with E-state index in [2.05, 4.69) is 15.6 Å². The minimum Gasteiger partial charge on any atom is -0.491 e. The van der Waals surface area contributed by atoms with Crippen molar-refractivity contribution in [3.8, 4) is 5.75 Å². The van der Waals surface area contributed by atoms with Gasteiger partial charge in [-0.1, -0.05) is 11.6 Å². The average molecular weight is 454 g/mol. The molecule has 0 unspecified atom stereocenters. The lowest BCUT2D eigenvalue weighted by Crippen LogP contribution is -2.39. The van der Waals surface area contributed by atoms with Crippen LogP contribution in [-0.2, 0) is 4.79 Å². The monoisotopic (exact) mass is 453 g/mol. The molecule has 0 aliphatic carbocycles. The summed E-state index contributed by atoms with van der Waals surface area (Å²) in [6, 6.07) is 8.92. The van der Waals surface area contributed by atoms with Crippen molar-refractivity contribution in [2.45, 2.75) is 19.8 Å². The SMILES string of the molecule is Cc1ccc2c(c1)C(=O)NCCN(C(=O)c1ccc(N(C)C)nc1)CCCC(=O)NCCO2. The summed E-state index contributed by atoms with van der Waals surface area (Å²) in [5.41, 5.74) is 1.82. The van der Waals surface area contributed by atoms with Gasteiger partial charge in [0.15, 0.2) is 0 Å². The third-order valence-corrected chi connectivity index (χ3v) is 5.30. The lowest BCUT2D eigenvalue weighted by atomic mass is 10.1. The Labute approximate surface area is 194 Å². The number of amides is 3. The van der Waals surface area contributed by atoms with E-state index in [1.54, 1.807) is 35.4 Å². The molecule has 1 aromatic heterocycles. The number of ether oxygens (including phenoxy) is 1. The summed E-state index contributed by atoms with van der Waals surface area (Å²) in [6.07, 6.45) is 2.35. The first kappa shape index (κ1) is 24.0. The highest BCUT2D eigenvalue weighted by atomic mass is 16.5. The molecule has 1 aromatic carbocycles. The van der Waals surface area contributed by atoms with E-state index in [9.17, 15) is 14.4 Å². The first-order valence-corrected chi connectivity index (χ1v) is 11.1. The number of anilines is 1. The predicted octanol–water partition coefficient (Wildman–Crippen LogP) is 1.62. The van der Waals surface area contributed by atoms with E-state index in [4.69, 9.17) is 4.74 Å². The second-order valence-corrected chi connectivity index (χ2v) is 8.15. The van der Waals surface area contributed by atoms with E-state index in [0.717, 1.165) is 11.4 Å². The number of pyridine rings is 1. The van der Waals surface area contributed by atoms with Crippen LogP contribution < -0.4 is 20.3 Å². The van der Waals surface area contributed by atoms with Crippen molar-refractivity contribution in [3.63, 3.8) is 0 Å². The fourth-order valence-corrected chi connectivity index (χ4v) is 3.49. The summed E-state index contributed by atoms with van der Waals surface area (Å²) in [7, 11) is 3.76. The molecule has 0 saturated heterocycles. The smallest absolute Gasteiger partial charge is 0.255 e. The van der Waals surface area contributed by atoms with E-state index in [1.807, 2.05) is 32.0 Å². The first-order chi connectivity index (χ1) is 15.8. The van der Waals surface area contributed by atoms with E-state index in [-0.39, 0.29) is 30.9 Å². The molecule has 0 bridgehead atoms. The van der Waals surface area contributed by atoms with Gasteiger partial charge < -0.3 is 25.2 Å². The van der Waals surface area contributed by atoms with Crippen molar-refractivity contribution in [2.24, 2.45) is 0 Å². The maximum atomic E-state index is 13.1. The summed E-state index contributed by atoms with van der Waals surface area (Å²) in [5, 5.41) is 5.70. The Balaban J connectivity index is 1.76. The number of hydrogen-bond acceptors (Lipinski definition) is 6. The zero-order chi connectivity index (χ0) is 23.8. The lowest BCUT2D eigenvalue weighted by Gasteiger charge is -2.23. The summed E-state index contributed by atoms with van der Waals surface area (Å²) >= 11 is 0. The van der Waals surface area contributed by atoms with Gasteiger partial charge >= 0.3 is 0 Å². The van der Waals surface area contributed by atoms with Crippen LogP contribution >= 0.6 is 0 Å². The summed E-state index contributed by atoms with van der Waals surface area (Å²) in [5.74, 6) is 0.658. The molecule has 1 aliphatic heterocycles. The molecule has 2 N–H and O–H groups in total. The molecule has 3 rings (SSSR count). The summed E-state index contributed by atoms with van der Waals surface area (Å²) in [6.45, 7) is 3.47. The van der Waals surface area contributed by atoms with Gasteiger partial charge in [0.05, 0.1) is 17.7 Å². The van der Waals surface area contributed by atoms with Crippen LogP contribution in [0.5, 0.6) is 5.75 Å². The van der Waals surface area contributed by atoms with Crippen molar-refractivity contribution in [3.05, 3.63) is 53.2 Å². The Hall–Kier alpha value is -3.62. The van der Waals surface area contributed by atoms with Crippen molar-refractivity contribution in [1.82, 2.24) is 20.5 Å². The van der Waals surface area contributed by atoms with Crippen LogP contribution in [0.4, 0.5) is 5.82 Å². The quantitative estimate of drug-likeness (QED) is 0.716. The van der Waals surface area contributed by atoms with Gasteiger partial charge in [-0.3, -0.25) is 14.4 Å². The Morgan fingerprint density at radius 2 is 1.91 bits per heavy atom.